The first-order valence-electron chi connectivity index (χ1n) is 11.2. The van der Waals surface area contributed by atoms with Crippen molar-refractivity contribution in [3.63, 3.8) is 0 Å². The van der Waals surface area contributed by atoms with Crippen LogP contribution in [0.5, 0.6) is 0 Å². The lowest BCUT2D eigenvalue weighted by atomic mass is 9.95. The summed E-state index contributed by atoms with van der Waals surface area (Å²) in [5.41, 5.74) is 2.97. The smallest absolute Gasteiger partial charge is 0.332 e. The van der Waals surface area contributed by atoms with Gasteiger partial charge in [-0.2, -0.15) is 0 Å². The molecule has 0 bridgehead atoms. The molecule has 0 spiro atoms. The Balaban J connectivity index is 1.59. The van der Waals surface area contributed by atoms with Crippen molar-refractivity contribution < 1.29 is 0 Å². The molecule has 0 aliphatic heterocycles. The molecule has 2 aromatic heterocycles. The van der Waals surface area contributed by atoms with Crippen LogP contribution in [0.3, 0.4) is 0 Å². The molecule has 0 atom stereocenters. The Morgan fingerprint density at radius 2 is 1.97 bits per heavy atom. The Hall–Kier alpha value is -2.19. The summed E-state index contributed by atoms with van der Waals surface area (Å²) in [4.78, 5) is 25.0. The van der Waals surface area contributed by atoms with Gasteiger partial charge in [-0.15, -0.1) is 0 Å². The number of benzene rings is 1. The van der Waals surface area contributed by atoms with Crippen molar-refractivity contribution in [1.82, 2.24) is 24.8 Å². The van der Waals surface area contributed by atoms with E-state index < -0.39 is 0 Å². The second kappa shape index (κ2) is 9.53. The average Bonchev–Trinajstić information content (AvgIpc) is 3.07. The fourth-order valence-electron chi connectivity index (χ4n) is 4.27. The maximum Gasteiger partial charge on any atom is 0.332 e. The van der Waals surface area contributed by atoms with Gasteiger partial charge < -0.3 is 15.6 Å². The number of nitrogens with one attached hydrogen (secondary N) is 3. The van der Waals surface area contributed by atoms with Gasteiger partial charge in [0.15, 0.2) is 11.5 Å². The SMILES string of the molecule is Cc1nc(NCCNC2CCCCC2)c2[nH]c(=O)n(-c3ccc(C(C)C)cc3Br)c2n1. The summed E-state index contributed by atoms with van der Waals surface area (Å²) in [6.07, 6.45) is 6.52. The molecule has 0 saturated heterocycles. The van der Waals surface area contributed by atoms with Gasteiger partial charge in [-0.3, -0.25) is 0 Å². The minimum atomic E-state index is -0.226. The average molecular weight is 487 g/mol. The number of aryl methyl sites for hydroxylation is 1. The molecule has 2 heterocycles. The Morgan fingerprint density at radius 3 is 2.68 bits per heavy atom. The van der Waals surface area contributed by atoms with E-state index in [-0.39, 0.29) is 5.69 Å². The van der Waals surface area contributed by atoms with E-state index >= 15 is 0 Å². The van der Waals surface area contributed by atoms with Crippen LogP contribution in [0.2, 0.25) is 0 Å². The van der Waals surface area contributed by atoms with Gasteiger partial charge in [0.25, 0.3) is 0 Å². The van der Waals surface area contributed by atoms with Gasteiger partial charge in [-0.25, -0.2) is 19.3 Å². The molecule has 8 heteroatoms. The lowest BCUT2D eigenvalue weighted by Gasteiger charge is -2.22. The molecule has 166 valence electrons. The van der Waals surface area contributed by atoms with Crippen molar-refractivity contribution in [2.24, 2.45) is 0 Å². The van der Waals surface area contributed by atoms with Gasteiger partial charge in [0.1, 0.15) is 11.3 Å². The van der Waals surface area contributed by atoms with Gasteiger partial charge in [-0.1, -0.05) is 39.2 Å². The van der Waals surface area contributed by atoms with E-state index in [4.69, 9.17) is 0 Å². The van der Waals surface area contributed by atoms with E-state index in [0.29, 0.717) is 34.8 Å². The second-order valence-corrected chi connectivity index (χ2v) is 9.52. The lowest BCUT2D eigenvalue weighted by Crippen LogP contribution is -2.34. The largest absolute Gasteiger partial charge is 0.367 e. The van der Waals surface area contributed by atoms with Gasteiger partial charge in [0.05, 0.1) is 5.69 Å². The third-order valence-electron chi connectivity index (χ3n) is 5.98. The number of anilines is 1. The van der Waals surface area contributed by atoms with E-state index in [1.54, 1.807) is 4.57 Å². The van der Waals surface area contributed by atoms with Gasteiger partial charge in [0, 0.05) is 23.6 Å². The predicted molar refractivity (Wildman–Crippen MR) is 129 cm³/mol. The van der Waals surface area contributed by atoms with E-state index in [2.05, 4.69) is 67.5 Å². The van der Waals surface area contributed by atoms with Crippen LogP contribution in [0.15, 0.2) is 27.5 Å². The van der Waals surface area contributed by atoms with Crippen molar-refractivity contribution >= 4 is 32.9 Å². The third-order valence-corrected chi connectivity index (χ3v) is 6.62. The summed E-state index contributed by atoms with van der Waals surface area (Å²) in [5.74, 6) is 1.70. The summed E-state index contributed by atoms with van der Waals surface area (Å²) in [5, 5.41) is 7.02. The molecule has 1 saturated carbocycles. The molecule has 1 fully saturated rings. The van der Waals surface area contributed by atoms with Crippen LogP contribution < -0.4 is 16.3 Å². The number of fused-ring (bicyclic) bond motifs is 1. The molecule has 31 heavy (non-hydrogen) atoms. The minimum Gasteiger partial charge on any atom is -0.367 e. The topological polar surface area (TPSA) is 87.6 Å². The first kappa shape index (κ1) is 22.0. The van der Waals surface area contributed by atoms with Crippen molar-refractivity contribution in [2.45, 2.75) is 64.8 Å². The molecule has 3 N–H and O–H groups in total. The molecular formula is C23H31BrN6O. The molecule has 0 amide bonds. The zero-order chi connectivity index (χ0) is 22.0. The van der Waals surface area contributed by atoms with Crippen molar-refractivity contribution in [3.05, 3.63) is 44.5 Å². The first-order chi connectivity index (χ1) is 14.9. The number of aromatic nitrogens is 4. The van der Waals surface area contributed by atoms with E-state index in [0.717, 1.165) is 23.2 Å². The van der Waals surface area contributed by atoms with Gasteiger partial charge in [0.2, 0.25) is 0 Å². The number of imidazole rings is 1. The zero-order valence-corrected chi connectivity index (χ0v) is 20.1. The van der Waals surface area contributed by atoms with Gasteiger partial charge >= 0.3 is 5.69 Å². The van der Waals surface area contributed by atoms with Crippen LogP contribution in [0.4, 0.5) is 5.82 Å². The summed E-state index contributed by atoms with van der Waals surface area (Å²) < 4.78 is 2.48. The first-order valence-corrected chi connectivity index (χ1v) is 12.0. The normalized spacial score (nSPS) is 15.1. The van der Waals surface area contributed by atoms with Gasteiger partial charge in [-0.05, 0) is 59.3 Å². The van der Waals surface area contributed by atoms with Crippen molar-refractivity contribution in [2.75, 3.05) is 18.4 Å². The number of hydrogen-bond donors (Lipinski definition) is 3. The number of H-pyrrole nitrogens is 1. The quantitative estimate of drug-likeness (QED) is 0.423. The Labute approximate surface area is 191 Å². The number of aromatic amines is 1. The molecule has 4 rings (SSSR count). The summed E-state index contributed by atoms with van der Waals surface area (Å²) in [6, 6.07) is 6.71. The maximum absolute atomic E-state index is 12.9. The summed E-state index contributed by atoms with van der Waals surface area (Å²) in [7, 11) is 0. The van der Waals surface area contributed by atoms with E-state index in [1.165, 1.54) is 37.7 Å². The highest BCUT2D eigenvalue weighted by Crippen LogP contribution is 2.28. The Bertz CT molecular complexity index is 1110. The third kappa shape index (κ3) is 4.85. The minimum absolute atomic E-state index is 0.226. The molecule has 3 aromatic rings. The fourth-order valence-corrected chi connectivity index (χ4v) is 4.85. The lowest BCUT2D eigenvalue weighted by molar-refractivity contribution is 0.378. The Kier molecular flexibility index (Phi) is 6.77. The molecular weight excluding hydrogens is 456 g/mol. The van der Waals surface area contributed by atoms with E-state index in [1.807, 2.05) is 13.0 Å². The standard InChI is InChI=1S/C23H31BrN6O/c1-14(2)16-9-10-19(18(24)13-16)30-22-20(29-23(30)31)21(27-15(3)28-22)26-12-11-25-17-7-5-4-6-8-17/h9-10,13-14,17,25H,4-8,11-12H2,1-3H3,(H,29,31)(H,26,27,28). The number of nitrogens with zero attached hydrogens (tertiary/aromatic N) is 3. The highest BCUT2D eigenvalue weighted by atomic mass is 79.9. The molecule has 1 aliphatic rings. The van der Waals surface area contributed by atoms with Crippen LogP contribution >= 0.6 is 15.9 Å². The number of rotatable bonds is 7. The second-order valence-electron chi connectivity index (χ2n) is 8.66. The number of hydrogen-bond acceptors (Lipinski definition) is 5. The monoisotopic (exact) mass is 486 g/mol. The summed E-state index contributed by atoms with van der Waals surface area (Å²) >= 11 is 3.64. The predicted octanol–water partition coefficient (Wildman–Crippen LogP) is 4.64. The highest BCUT2D eigenvalue weighted by Gasteiger charge is 2.18. The highest BCUT2D eigenvalue weighted by molar-refractivity contribution is 9.10. The molecule has 7 nitrogen and oxygen atoms in total. The number of halogens is 1. The van der Waals surface area contributed by atoms with Crippen LogP contribution in [-0.4, -0.2) is 38.7 Å². The maximum atomic E-state index is 12.9. The van der Waals surface area contributed by atoms with Crippen molar-refractivity contribution in [1.29, 1.82) is 0 Å². The molecule has 0 unspecified atom stereocenters. The van der Waals surface area contributed by atoms with Crippen LogP contribution in [0.25, 0.3) is 16.9 Å². The molecule has 0 radical (unpaired) electrons. The van der Waals surface area contributed by atoms with Crippen molar-refractivity contribution in [3.8, 4) is 5.69 Å². The van der Waals surface area contributed by atoms with Crippen LogP contribution in [0, 0.1) is 6.92 Å². The van der Waals surface area contributed by atoms with E-state index in [9.17, 15) is 4.79 Å². The Morgan fingerprint density at radius 1 is 1.19 bits per heavy atom. The molecule has 1 aliphatic carbocycles. The van der Waals surface area contributed by atoms with Crippen LogP contribution in [-0.2, 0) is 0 Å². The summed E-state index contributed by atoms with van der Waals surface area (Å²) in [6.45, 7) is 7.75. The van der Waals surface area contributed by atoms with Crippen LogP contribution in [0.1, 0.15) is 63.3 Å². The fraction of sp³-hybridized carbons (Fsp3) is 0.522. The molecule has 1 aromatic carbocycles. The zero-order valence-electron chi connectivity index (χ0n) is 18.5.